The van der Waals surface area contributed by atoms with Crippen molar-refractivity contribution in [1.82, 2.24) is 0 Å². The fourth-order valence-electron chi connectivity index (χ4n) is 0.588. The second-order valence-electron chi connectivity index (χ2n) is 1.90. The van der Waals surface area contributed by atoms with Crippen LogP contribution in [0.4, 0.5) is 0 Å². The third-order valence-corrected chi connectivity index (χ3v) is 1.97. The van der Waals surface area contributed by atoms with E-state index in [-0.39, 0.29) is 17.5 Å². The second kappa shape index (κ2) is 1.70. The van der Waals surface area contributed by atoms with Crippen LogP contribution in [0, 0.1) is 0 Å². The smallest absolute Gasteiger partial charge is 0.313 e. The number of ether oxygens (including phenoxy) is 1. The van der Waals surface area contributed by atoms with Crippen molar-refractivity contribution in [2.75, 3.05) is 0 Å². The van der Waals surface area contributed by atoms with Gasteiger partial charge in [0.2, 0.25) is 0 Å². The molecule has 1 fully saturated rings. The van der Waals surface area contributed by atoms with Gasteiger partial charge in [0.25, 0.3) is 0 Å². The van der Waals surface area contributed by atoms with E-state index in [4.69, 9.17) is 0 Å². The lowest BCUT2D eigenvalue weighted by Crippen LogP contribution is -2.00. The van der Waals surface area contributed by atoms with E-state index < -0.39 is 0 Å². The van der Waals surface area contributed by atoms with Crippen molar-refractivity contribution < 1.29 is 14.3 Å². The molecule has 4 heteroatoms. The molecule has 0 aliphatic carbocycles. The van der Waals surface area contributed by atoms with Crippen LogP contribution in [-0.4, -0.2) is 22.2 Å². The van der Waals surface area contributed by atoms with Crippen molar-refractivity contribution in [3.8, 4) is 0 Å². The molecule has 0 bridgehead atoms. The lowest BCUT2D eigenvalue weighted by molar-refractivity contribution is -0.151. The summed E-state index contributed by atoms with van der Waals surface area (Å²) in [6.07, 6.45) is 0.311. The zero-order valence-electron chi connectivity index (χ0n) is 4.51. The summed E-state index contributed by atoms with van der Waals surface area (Å²) < 4.78 is 4.23. The number of cyclic esters (lactones) is 2. The Morgan fingerprint density at radius 2 is 2.25 bits per heavy atom. The third kappa shape index (κ3) is 0.788. The molecule has 8 heavy (non-hydrogen) atoms. The van der Waals surface area contributed by atoms with E-state index >= 15 is 0 Å². The molecule has 0 amide bonds. The Bertz CT molecular complexity index is 142. The summed E-state index contributed by atoms with van der Waals surface area (Å²) in [6.45, 7) is 0. The molecular formula is C4H6O3Si. The van der Waals surface area contributed by atoms with Crippen LogP contribution in [0.2, 0.25) is 5.54 Å². The first-order chi connectivity index (χ1) is 3.70. The van der Waals surface area contributed by atoms with Gasteiger partial charge in [0.05, 0.1) is 12.0 Å². The van der Waals surface area contributed by atoms with E-state index in [0.29, 0.717) is 6.42 Å². The fraction of sp³-hybridized carbons (Fsp3) is 0.500. The molecule has 0 aromatic heterocycles. The van der Waals surface area contributed by atoms with Crippen LogP contribution in [0.5, 0.6) is 0 Å². The minimum Gasteiger partial charge on any atom is -0.393 e. The van der Waals surface area contributed by atoms with Gasteiger partial charge >= 0.3 is 11.9 Å². The lowest BCUT2D eigenvalue weighted by Gasteiger charge is -1.86. The zero-order chi connectivity index (χ0) is 6.15. The summed E-state index contributed by atoms with van der Waals surface area (Å²) in [4.78, 5) is 20.6. The number of hydrogen-bond donors (Lipinski definition) is 0. The van der Waals surface area contributed by atoms with E-state index in [9.17, 15) is 9.59 Å². The summed E-state index contributed by atoms with van der Waals surface area (Å²) in [6, 6.07) is 0. The van der Waals surface area contributed by atoms with Crippen molar-refractivity contribution in [1.29, 1.82) is 0 Å². The molecule has 0 aromatic carbocycles. The van der Waals surface area contributed by atoms with Crippen LogP contribution in [0.25, 0.3) is 0 Å². The van der Waals surface area contributed by atoms with E-state index in [1.54, 1.807) is 0 Å². The first-order valence-electron chi connectivity index (χ1n) is 2.44. The first-order valence-corrected chi connectivity index (χ1v) is 3.60. The Morgan fingerprint density at radius 3 is 2.38 bits per heavy atom. The predicted molar refractivity (Wildman–Crippen MR) is 29.4 cm³/mol. The minimum atomic E-state index is -0.366. The van der Waals surface area contributed by atoms with Gasteiger partial charge in [-0.1, -0.05) is 0 Å². The molecule has 0 radical (unpaired) electrons. The molecule has 1 unspecified atom stereocenters. The molecule has 44 valence electrons. The molecule has 0 saturated carbocycles. The molecule has 0 spiro atoms. The predicted octanol–water partition coefficient (Wildman–Crippen LogP) is -1.39. The Kier molecular flexibility index (Phi) is 1.17. The highest BCUT2D eigenvalue weighted by atomic mass is 28.1. The molecule has 1 heterocycles. The average Bonchev–Trinajstić information content (AvgIpc) is 1.85. The van der Waals surface area contributed by atoms with Gasteiger partial charge in [-0.15, -0.1) is 0 Å². The normalized spacial score (nSPS) is 28.8. The van der Waals surface area contributed by atoms with E-state index in [0.717, 1.165) is 10.2 Å². The summed E-state index contributed by atoms with van der Waals surface area (Å²) in [7, 11) is 0.730. The third-order valence-electron chi connectivity index (χ3n) is 1.09. The van der Waals surface area contributed by atoms with Crippen LogP contribution in [-0.2, 0) is 14.3 Å². The van der Waals surface area contributed by atoms with Crippen molar-refractivity contribution >= 4 is 22.2 Å². The maximum absolute atomic E-state index is 10.4. The highest BCUT2D eigenvalue weighted by molar-refractivity contribution is 6.26. The quantitative estimate of drug-likeness (QED) is 0.230. The molecule has 1 aliphatic rings. The molecule has 1 aliphatic heterocycles. The monoisotopic (exact) mass is 130 g/mol. The molecular weight excluding hydrogens is 124 g/mol. The summed E-state index contributed by atoms with van der Waals surface area (Å²) >= 11 is 0. The van der Waals surface area contributed by atoms with E-state index in [1.165, 1.54) is 0 Å². The highest BCUT2D eigenvalue weighted by Gasteiger charge is 2.28. The van der Waals surface area contributed by atoms with Crippen LogP contribution in [0.15, 0.2) is 0 Å². The number of esters is 2. The van der Waals surface area contributed by atoms with E-state index in [2.05, 4.69) is 4.74 Å². The van der Waals surface area contributed by atoms with Gasteiger partial charge in [-0.05, 0) is 0 Å². The first kappa shape index (κ1) is 5.49. The van der Waals surface area contributed by atoms with Crippen LogP contribution < -0.4 is 0 Å². The molecule has 1 rings (SSSR count). The summed E-state index contributed by atoms with van der Waals surface area (Å²) in [5, 5.41) is 0. The van der Waals surface area contributed by atoms with Gasteiger partial charge in [0.1, 0.15) is 0 Å². The minimum absolute atomic E-state index is 0.0810. The van der Waals surface area contributed by atoms with Gasteiger partial charge in [0.15, 0.2) is 0 Å². The van der Waals surface area contributed by atoms with Gasteiger partial charge in [-0.3, -0.25) is 9.59 Å². The maximum atomic E-state index is 10.4. The Balaban J connectivity index is 2.64. The second-order valence-corrected chi connectivity index (χ2v) is 3.29. The lowest BCUT2D eigenvalue weighted by atomic mass is 10.3. The zero-order valence-corrected chi connectivity index (χ0v) is 6.51. The highest BCUT2D eigenvalue weighted by Crippen LogP contribution is 2.16. The maximum Gasteiger partial charge on any atom is 0.313 e. The Morgan fingerprint density at radius 1 is 1.62 bits per heavy atom. The van der Waals surface area contributed by atoms with Crippen molar-refractivity contribution in [3.05, 3.63) is 0 Å². The molecule has 1 atom stereocenters. The van der Waals surface area contributed by atoms with Crippen LogP contribution in [0.1, 0.15) is 6.42 Å². The van der Waals surface area contributed by atoms with Crippen LogP contribution >= 0.6 is 0 Å². The number of hydrogen-bond acceptors (Lipinski definition) is 3. The fourth-order valence-corrected chi connectivity index (χ4v) is 1.04. The molecule has 3 nitrogen and oxygen atoms in total. The Labute approximate surface area is 49.4 Å². The number of rotatable bonds is 0. The standard InChI is InChI=1S/C4H6O3Si/c5-3-1-2(8)4(6)7-3/h2H,1H2,8H3. The van der Waals surface area contributed by atoms with Crippen LogP contribution in [0.3, 0.4) is 0 Å². The van der Waals surface area contributed by atoms with E-state index in [1.807, 2.05) is 0 Å². The number of carbonyl (C=O) groups is 2. The van der Waals surface area contributed by atoms with Crippen molar-refractivity contribution in [2.45, 2.75) is 12.0 Å². The summed E-state index contributed by atoms with van der Waals surface area (Å²) in [5.41, 5.74) is -0.0810. The van der Waals surface area contributed by atoms with Gasteiger partial charge in [-0.2, -0.15) is 0 Å². The van der Waals surface area contributed by atoms with Crippen molar-refractivity contribution in [3.63, 3.8) is 0 Å². The largest absolute Gasteiger partial charge is 0.393 e. The van der Waals surface area contributed by atoms with Crippen molar-refractivity contribution in [2.24, 2.45) is 0 Å². The molecule has 0 N–H and O–H groups in total. The average molecular weight is 130 g/mol. The number of carbonyl (C=O) groups excluding carboxylic acids is 2. The molecule has 0 aromatic rings. The van der Waals surface area contributed by atoms with Gasteiger partial charge < -0.3 is 4.74 Å². The molecule has 1 saturated heterocycles. The summed E-state index contributed by atoms with van der Waals surface area (Å²) in [5.74, 6) is -0.698. The van der Waals surface area contributed by atoms with Gasteiger partial charge in [0, 0.05) is 10.2 Å². The SMILES string of the molecule is O=C1CC([SiH3])C(=O)O1. The topological polar surface area (TPSA) is 43.4 Å². The van der Waals surface area contributed by atoms with Gasteiger partial charge in [-0.25, -0.2) is 0 Å². The Hall–Kier alpha value is -0.643.